The molecule has 1 unspecified atom stereocenters. The highest BCUT2D eigenvalue weighted by Crippen LogP contribution is 2.28. The average molecular weight is 281 g/mol. The Morgan fingerprint density at radius 1 is 1.35 bits per heavy atom. The minimum atomic E-state index is -0.314. The first-order chi connectivity index (χ1) is 9.48. The van der Waals surface area contributed by atoms with Gasteiger partial charge < -0.3 is 16.0 Å². The lowest BCUT2D eigenvalue weighted by atomic mass is 9.80. The third-order valence-corrected chi connectivity index (χ3v) is 4.43. The molecule has 2 aliphatic rings. The van der Waals surface area contributed by atoms with Crippen LogP contribution in [0.4, 0.5) is 0 Å². The van der Waals surface area contributed by atoms with E-state index in [2.05, 4.69) is 5.32 Å². The summed E-state index contributed by atoms with van der Waals surface area (Å²) in [6.45, 7) is 3.38. The molecule has 0 bridgehead atoms. The minimum Gasteiger partial charge on any atom is -0.352 e. The molecule has 1 aliphatic heterocycles. The van der Waals surface area contributed by atoms with Gasteiger partial charge in [0.25, 0.3) is 0 Å². The van der Waals surface area contributed by atoms with Crippen LogP contribution in [0.1, 0.15) is 58.3 Å². The van der Waals surface area contributed by atoms with Crippen LogP contribution in [0.25, 0.3) is 0 Å². The molecule has 1 saturated carbocycles. The minimum absolute atomic E-state index is 0.00302. The van der Waals surface area contributed by atoms with Crippen LogP contribution < -0.4 is 11.1 Å². The Bertz CT molecular complexity index is 364. The Labute approximate surface area is 121 Å². The number of nitrogens with one attached hydrogen (secondary N) is 1. The summed E-state index contributed by atoms with van der Waals surface area (Å²) in [6.07, 6.45) is 7.36. The molecule has 1 aliphatic carbocycles. The second-order valence-corrected chi connectivity index (χ2v) is 6.51. The highest BCUT2D eigenvalue weighted by molar-refractivity contribution is 5.79. The summed E-state index contributed by atoms with van der Waals surface area (Å²) in [5, 5.41) is 2.99. The number of likely N-dealkylation sites (tertiary alicyclic amines) is 1. The molecule has 20 heavy (non-hydrogen) atoms. The number of hydrogen-bond donors (Lipinski definition) is 2. The molecule has 0 aromatic rings. The van der Waals surface area contributed by atoms with Gasteiger partial charge in [-0.3, -0.25) is 9.59 Å². The van der Waals surface area contributed by atoms with Gasteiger partial charge in [0.15, 0.2) is 0 Å². The molecule has 1 atom stereocenters. The van der Waals surface area contributed by atoms with E-state index >= 15 is 0 Å². The first-order valence-electron chi connectivity index (χ1n) is 7.85. The van der Waals surface area contributed by atoms with Crippen molar-refractivity contribution in [2.45, 2.75) is 69.9 Å². The van der Waals surface area contributed by atoms with Crippen molar-refractivity contribution in [3.05, 3.63) is 0 Å². The van der Waals surface area contributed by atoms with Gasteiger partial charge in [-0.2, -0.15) is 0 Å². The first-order valence-corrected chi connectivity index (χ1v) is 7.85. The van der Waals surface area contributed by atoms with Crippen molar-refractivity contribution in [2.75, 3.05) is 13.1 Å². The number of amides is 2. The number of carbonyl (C=O) groups is 2. The van der Waals surface area contributed by atoms with E-state index in [1.54, 1.807) is 0 Å². The lowest BCUT2D eigenvalue weighted by molar-refractivity contribution is -0.129. The maximum atomic E-state index is 12.1. The SMILES string of the molecule is CC(CN1CCCC1=O)NC(=O)CC1(N)CCCCC1. The fraction of sp³-hybridized carbons (Fsp3) is 0.867. The standard InChI is InChI=1S/C15H27N3O2/c1-12(11-18-9-5-6-14(18)20)17-13(19)10-15(16)7-3-2-4-8-15/h12H,2-11,16H2,1H3,(H,17,19). The lowest BCUT2D eigenvalue weighted by Crippen LogP contribution is -2.49. The number of nitrogens with zero attached hydrogens (tertiary/aromatic N) is 1. The van der Waals surface area contributed by atoms with Crippen LogP contribution in [0.5, 0.6) is 0 Å². The second kappa shape index (κ2) is 6.57. The van der Waals surface area contributed by atoms with Gasteiger partial charge in [0.1, 0.15) is 0 Å². The maximum Gasteiger partial charge on any atom is 0.222 e. The van der Waals surface area contributed by atoms with Crippen LogP contribution in [-0.4, -0.2) is 41.4 Å². The van der Waals surface area contributed by atoms with Gasteiger partial charge in [0.2, 0.25) is 11.8 Å². The molecule has 5 heteroatoms. The summed E-state index contributed by atoms with van der Waals surface area (Å²) in [6, 6.07) is -0.00302. The molecule has 0 radical (unpaired) electrons. The summed E-state index contributed by atoms with van der Waals surface area (Å²) >= 11 is 0. The van der Waals surface area contributed by atoms with Crippen LogP contribution in [-0.2, 0) is 9.59 Å². The zero-order chi connectivity index (χ0) is 14.6. The lowest BCUT2D eigenvalue weighted by Gasteiger charge is -2.33. The first kappa shape index (κ1) is 15.3. The Balaban J connectivity index is 1.74. The number of nitrogens with two attached hydrogens (primary N) is 1. The topological polar surface area (TPSA) is 75.4 Å². The van der Waals surface area contributed by atoms with Crippen LogP contribution >= 0.6 is 0 Å². The van der Waals surface area contributed by atoms with Crippen molar-refractivity contribution in [1.29, 1.82) is 0 Å². The van der Waals surface area contributed by atoms with Crippen LogP contribution in [0.2, 0.25) is 0 Å². The predicted molar refractivity (Wildman–Crippen MR) is 78.0 cm³/mol. The van der Waals surface area contributed by atoms with Crippen molar-refractivity contribution < 1.29 is 9.59 Å². The number of rotatable bonds is 5. The van der Waals surface area contributed by atoms with Crippen LogP contribution in [0.3, 0.4) is 0 Å². The van der Waals surface area contributed by atoms with E-state index in [0.29, 0.717) is 19.4 Å². The monoisotopic (exact) mass is 281 g/mol. The van der Waals surface area contributed by atoms with Crippen molar-refractivity contribution >= 4 is 11.8 Å². The van der Waals surface area contributed by atoms with Crippen molar-refractivity contribution in [3.8, 4) is 0 Å². The molecule has 0 aromatic heterocycles. The molecule has 5 nitrogen and oxygen atoms in total. The van der Waals surface area contributed by atoms with Crippen LogP contribution in [0.15, 0.2) is 0 Å². The van der Waals surface area contributed by atoms with E-state index in [-0.39, 0.29) is 23.4 Å². The summed E-state index contributed by atoms with van der Waals surface area (Å²) in [5.74, 6) is 0.224. The summed E-state index contributed by atoms with van der Waals surface area (Å²) in [7, 11) is 0. The summed E-state index contributed by atoms with van der Waals surface area (Å²) in [5.41, 5.74) is 5.98. The van der Waals surface area contributed by atoms with E-state index in [0.717, 1.165) is 38.6 Å². The van der Waals surface area contributed by atoms with E-state index in [1.807, 2.05) is 11.8 Å². The predicted octanol–water partition coefficient (Wildman–Crippen LogP) is 1.17. The quantitative estimate of drug-likeness (QED) is 0.794. The number of hydrogen-bond acceptors (Lipinski definition) is 3. The molecule has 2 rings (SSSR count). The van der Waals surface area contributed by atoms with E-state index in [4.69, 9.17) is 5.73 Å². The van der Waals surface area contributed by atoms with Gasteiger partial charge in [-0.15, -0.1) is 0 Å². The molecule has 2 fully saturated rings. The second-order valence-electron chi connectivity index (χ2n) is 6.51. The third-order valence-electron chi connectivity index (χ3n) is 4.43. The number of carbonyl (C=O) groups excluding carboxylic acids is 2. The maximum absolute atomic E-state index is 12.1. The van der Waals surface area contributed by atoms with E-state index < -0.39 is 0 Å². The normalized spacial score (nSPS) is 23.7. The molecular formula is C15H27N3O2. The fourth-order valence-electron chi connectivity index (χ4n) is 3.35. The fourth-order valence-corrected chi connectivity index (χ4v) is 3.35. The molecule has 0 spiro atoms. The smallest absolute Gasteiger partial charge is 0.222 e. The van der Waals surface area contributed by atoms with Gasteiger partial charge in [0.05, 0.1) is 0 Å². The van der Waals surface area contributed by atoms with Crippen molar-refractivity contribution in [3.63, 3.8) is 0 Å². The van der Waals surface area contributed by atoms with Gasteiger partial charge in [-0.1, -0.05) is 19.3 Å². The average Bonchev–Trinajstić information content (AvgIpc) is 2.74. The van der Waals surface area contributed by atoms with Crippen LogP contribution in [0, 0.1) is 0 Å². The third kappa shape index (κ3) is 4.20. The molecule has 0 aromatic carbocycles. The summed E-state index contributed by atoms with van der Waals surface area (Å²) < 4.78 is 0. The summed E-state index contributed by atoms with van der Waals surface area (Å²) in [4.78, 5) is 25.5. The van der Waals surface area contributed by atoms with Gasteiger partial charge in [-0.05, 0) is 26.2 Å². The van der Waals surface area contributed by atoms with Gasteiger partial charge in [-0.25, -0.2) is 0 Å². The van der Waals surface area contributed by atoms with Gasteiger partial charge in [0, 0.05) is 37.5 Å². The molecule has 1 heterocycles. The Morgan fingerprint density at radius 3 is 2.65 bits per heavy atom. The molecule has 1 saturated heterocycles. The zero-order valence-corrected chi connectivity index (χ0v) is 12.5. The largest absolute Gasteiger partial charge is 0.352 e. The zero-order valence-electron chi connectivity index (χ0n) is 12.5. The highest BCUT2D eigenvalue weighted by Gasteiger charge is 2.30. The molecule has 114 valence electrons. The molecule has 2 amide bonds. The Kier molecular flexibility index (Phi) is 5.02. The van der Waals surface area contributed by atoms with Gasteiger partial charge >= 0.3 is 0 Å². The Hall–Kier alpha value is -1.10. The molecular weight excluding hydrogens is 254 g/mol. The highest BCUT2D eigenvalue weighted by atomic mass is 16.2. The van der Waals surface area contributed by atoms with Crippen molar-refractivity contribution in [2.24, 2.45) is 5.73 Å². The molecule has 3 N–H and O–H groups in total. The van der Waals surface area contributed by atoms with Crippen molar-refractivity contribution in [1.82, 2.24) is 10.2 Å². The Morgan fingerprint density at radius 2 is 2.05 bits per heavy atom. The van der Waals surface area contributed by atoms with E-state index in [9.17, 15) is 9.59 Å². The van der Waals surface area contributed by atoms with E-state index in [1.165, 1.54) is 6.42 Å².